The van der Waals surface area contributed by atoms with Crippen LogP contribution >= 0.6 is 23.1 Å². The topological polar surface area (TPSA) is 85.1 Å². The van der Waals surface area contributed by atoms with E-state index in [1.165, 1.54) is 11.5 Å². The van der Waals surface area contributed by atoms with E-state index in [2.05, 4.69) is 19.9 Å². The Morgan fingerprint density at radius 2 is 1.97 bits per heavy atom. The Kier molecular flexibility index (Phi) is 5.00. The number of halogens is 1. The van der Waals surface area contributed by atoms with Gasteiger partial charge in [0.25, 0.3) is 0 Å². The van der Waals surface area contributed by atoms with E-state index in [-0.39, 0.29) is 12.3 Å². The Morgan fingerprint density at radius 1 is 1.24 bits per heavy atom. The molecule has 1 aliphatic rings. The van der Waals surface area contributed by atoms with Gasteiger partial charge < -0.3 is 5.32 Å². The molecular formula is C20H21ClN6OS. The molecule has 0 spiro atoms. The van der Waals surface area contributed by atoms with Gasteiger partial charge in [-0.15, -0.1) is 10.2 Å². The lowest BCUT2D eigenvalue weighted by Crippen LogP contribution is -2.34. The number of aromatic nitrogens is 4. The molecular weight excluding hydrogens is 408 g/mol. The largest absolute Gasteiger partial charge is 0.356 e. The molecule has 0 saturated carbocycles. The molecule has 1 unspecified atom stereocenters. The summed E-state index contributed by atoms with van der Waals surface area (Å²) in [6, 6.07) is 7.55. The van der Waals surface area contributed by atoms with Crippen LogP contribution in [0.4, 0.5) is 0 Å². The van der Waals surface area contributed by atoms with Crippen LogP contribution in [0.1, 0.15) is 47.9 Å². The molecule has 0 aliphatic carbocycles. The minimum absolute atomic E-state index is 0.0875. The van der Waals surface area contributed by atoms with Gasteiger partial charge in [0.2, 0.25) is 5.91 Å². The van der Waals surface area contributed by atoms with Crippen LogP contribution in [0.15, 0.2) is 29.3 Å². The minimum atomic E-state index is -0.902. The zero-order valence-corrected chi connectivity index (χ0v) is 18.2. The van der Waals surface area contributed by atoms with E-state index in [9.17, 15) is 4.79 Å². The van der Waals surface area contributed by atoms with E-state index in [1.54, 1.807) is 0 Å². The molecule has 0 saturated heterocycles. The van der Waals surface area contributed by atoms with Crippen LogP contribution in [-0.4, -0.2) is 37.3 Å². The lowest BCUT2D eigenvalue weighted by molar-refractivity contribution is -0.122. The van der Waals surface area contributed by atoms with Crippen molar-refractivity contribution in [2.24, 2.45) is 4.99 Å². The maximum atomic E-state index is 12.5. The number of hydrogen-bond acceptors (Lipinski definition) is 6. The number of rotatable bonds is 4. The first-order valence-electron chi connectivity index (χ1n) is 9.36. The van der Waals surface area contributed by atoms with Gasteiger partial charge in [0.1, 0.15) is 11.4 Å². The number of aliphatic imine (C=N–C) groups is 1. The molecule has 29 heavy (non-hydrogen) atoms. The molecule has 7 nitrogen and oxygen atoms in total. The molecule has 1 aliphatic heterocycles. The van der Waals surface area contributed by atoms with Crippen molar-refractivity contribution in [1.29, 1.82) is 0 Å². The molecule has 1 atom stereocenters. The van der Waals surface area contributed by atoms with E-state index < -0.39 is 5.54 Å². The zero-order valence-electron chi connectivity index (χ0n) is 16.7. The van der Waals surface area contributed by atoms with Gasteiger partial charge >= 0.3 is 0 Å². The number of amides is 1. The highest BCUT2D eigenvalue weighted by atomic mass is 35.5. The number of nitrogens with one attached hydrogen (secondary N) is 1. The van der Waals surface area contributed by atoms with Gasteiger partial charge in [-0.2, -0.15) is 4.37 Å². The fraction of sp³-hybridized carbons (Fsp3) is 0.350. The van der Waals surface area contributed by atoms with Gasteiger partial charge in [0.15, 0.2) is 11.6 Å². The second-order valence-electron chi connectivity index (χ2n) is 7.22. The molecule has 3 heterocycles. The summed E-state index contributed by atoms with van der Waals surface area (Å²) in [6.45, 7) is 8.28. The van der Waals surface area contributed by atoms with Crippen LogP contribution < -0.4 is 5.32 Å². The fourth-order valence-corrected chi connectivity index (χ4v) is 4.41. The summed E-state index contributed by atoms with van der Waals surface area (Å²) in [5, 5.41) is 12.2. The van der Waals surface area contributed by atoms with Crippen molar-refractivity contribution < 1.29 is 4.79 Å². The third-order valence-corrected chi connectivity index (χ3v) is 5.95. The molecule has 0 bridgehead atoms. The van der Waals surface area contributed by atoms with Crippen molar-refractivity contribution >= 4 is 34.8 Å². The molecule has 1 aromatic carbocycles. The highest BCUT2D eigenvalue weighted by Crippen LogP contribution is 2.38. The standard InChI is InChI=1S/C20H21ClN6OS/c1-5-22-15(28)10-20(4)19-25-24-12(3)27(19)18-16(11(2)29-26-18)17(23-20)13-6-8-14(21)9-7-13/h6-9H,5,10H2,1-4H3,(H,22,28). The van der Waals surface area contributed by atoms with Gasteiger partial charge in [0.05, 0.1) is 17.7 Å². The second-order valence-corrected chi connectivity index (χ2v) is 8.63. The molecule has 1 amide bonds. The number of carbonyl (C=O) groups excluding carboxylic acids is 1. The average Bonchev–Trinajstić information content (AvgIpc) is 3.20. The number of benzene rings is 1. The molecule has 1 N–H and O–H groups in total. The zero-order chi connectivity index (χ0) is 20.8. The highest BCUT2D eigenvalue weighted by molar-refractivity contribution is 7.06. The molecule has 0 radical (unpaired) electrons. The fourth-order valence-electron chi connectivity index (χ4n) is 3.61. The Bertz CT molecular complexity index is 1120. The van der Waals surface area contributed by atoms with Crippen molar-refractivity contribution in [1.82, 2.24) is 24.5 Å². The smallest absolute Gasteiger partial charge is 0.222 e. The maximum Gasteiger partial charge on any atom is 0.222 e. The van der Waals surface area contributed by atoms with E-state index in [0.29, 0.717) is 23.2 Å². The van der Waals surface area contributed by atoms with Crippen molar-refractivity contribution in [3.05, 3.63) is 56.9 Å². The Balaban J connectivity index is 1.99. The van der Waals surface area contributed by atoms with Crippen molar-refractivity contribution in [2.45, 2.75) is 39.7 Å². The van der Waals surface area contributed by atoms with Gasteiger partial charge in [-0.3, -0.25) is 14.4 Å². The van der Waals surface area contributed by atoms with Gasteiger partial charge in [0, 0.05) is 22.0 Å². The van der Waals surface area contributed by atoms with E-state index >= 15 is 0 Å². The lowest BCUT2D eigenvalue weighted by Gasteiger charge is -2.23. The van der Waals surface area contributed by atoms with Crippen molar-refractivity contribution in [2.75, 3.05) is 6.54 Å². The average molecular weight is 429 g/mol. The first-order chi connectivity index (χ1) is 13.8. The summed E-state index contributed by atoms with van der Waals surface area (Å²) >= 11 is 7.52. The van der Waals surface area contributed by atoms with Crippen LogP contribution in [0.5, 0.6) is 0 Å². The molecule has 0 fully saturated rings. The predicted molar refractivity (Wildman–Crippen MR) is 114 cm³/mol. The van der Waals surface area contributed by atoms with E-state index in [0.717, 1.165) is 27.5 Å². The second kappa shape index (κ2) is 7.35. The van der Waals surface area contributed by atoms with Crippen LogP contribution in [0.25, 0.3) is 5.82 Å². The molecule has 3 aromatic rings. The van der Waals surface area contributed by atoms with Crippen LogP contribution in [0, 0.1) is 13.8 Å². The molecule has 150 valence electrons. The van der Waals surface area contributed by atoms with Gasteiger partial charge in [-0.25, -0.2) is 0 Å². The summed E-state index contributed by atoms with van der Waals surface area (Å²) < 4.78 is 6.60. The van der Waals surface area contributed by atoms with Crippen LogP contribution in [0.2, 0.25) is 5.02 Å². The maximum absolute atomic E-state index is 12.5. The number of aryl methyl sites for hydroxylation is 2. The number of nitrogens with zero attached hydrogens (tertiary/aromatic N) is 5. The number of carbonyl (C=O) groups is 1. The first-order valence-corrected chi connectivity index (χ1v) is 10.5. The quantitative estimate of drug-likeness (QED) is 0.688. The van der Waals surface area contributed by atoms with Crippen LogP contribution in [0.3, 0.4) is 0 Å². The lowest BCUT2D eigenvalue weighted by atomic mass is 9.95. The van der Waals surface area contributed by atoms with Gasteiger partial charge in [-0.1, -0.05) is 23.7 Å². The Hall–Kier alpha value is -2.58. The summed E-state index contributed by atoms with van der Waals surface area (Å²) in [6.07, 6.45) is 0.156. The van der Waals surface area contributed by atoms with Gasteiger partial charge in [-0.05, 0) is 51.4 Å². The monoisotopic (exact) mass is 428 g/mol. The van der Waals surface area contributed by atoms with E-state index in [1.807, 2.05) is 56.5 Å². The SMILES string of the molecule is CCNC(=O)CC1(C)N=C(c2ccc(Cl)cc2)c2c(nsc2C)-n2c(C)nnc21. The molecule has 9 heteroatoms. The Morgan fingerprint density at radius 3 is 2.66 bits per heavy atom. The Labute approximate surface area is 178 Å². The normalized spacial score (nSPS) is 17.9. The van der Waals surface area contributed by atoms with E-state index in [4.69, 9.17) is 16.6 Å². The first kappa shape index (κ1) is 19.7. The summed E-state index contributed by atoms with van der Waals surface area (Å²) in [7, 11) is 0. The summed E-state index contributed by atoms with van der Waals surface area (Å²) in [4.78, 5) is 18.7. The number of hydrogen-bond donors (Lipinski definition) is 1. The summed E-state index contributed by atoms with van der Waals surface area (Å²) in [5.74, 6) is 1.98. The van der Waals surface area contributed by atoms with Crippen molar-refractivity contribution in [3.8, 4) is 5.82 Å². The highest BCUT2D eigenvalue weighted by Gasteiger charge is 2.40. The molecule has 2 aromatic heterocycles. The third-order valence-electron chi connectivity index (χ3n) is 4.95. The van der Waals surface area contributed by atoms with Crippen molar-refractivity contribution in [3.63, 3.8) is 0 Å². The predicted octanol–water partition coefficient (Wildman–Crippen LogP) is 3.59. The summed E-state index contributed by atoms with van der Waals surface area (Å²) in [5.41, 5.74) is 1.72. The van der Waals surface area contributed by atoms with Crippen LogP contribution in [-0.2, 0) is 10.3 Å². The third kappa shape index (κ3) is 3.36. The number of fused-ring (bicyclic) bond motifs is 3. The molecule has 4 rings (SSSR count). The minimum Gasteiger partial charge on any atom is -0.356 e.